The Kier molecular flexibility index (Phi) is 7.21. The highest BCUT2D eigenvalue weighted by molar-refractivity contribution is 6.22. The van der Waals surface area contributed by atoms with Crippen molar-refractivity contribution in [3.05, 3.63) is 210 Å². The van der Waals surface area contributed by atoms with Crippen molar-refractivity contribution in [1.29, 1.82) is 0 Å². The zero-order valence-corrected chi connectivity index (χ0v) is 31.9. The summed E-state index contributed by atoms with van der Waals surface area (Å²) in [7, 11) is 0. The van der Waals surface area contributed by atoms with Crippen molar-refractivity contribution in [2.75, 3.05) is 0 Å². The van der Waals surface area contributed by atoms with Gasteiger partial charge in [-0.3, -0.25) is 4.99 Å². The van der Waals surface area contributed by atoms with Gasteiger partial charge < -0.3 is 8.98 Å². The zero-order chi connectivity index (χ0) is 38.3. The van der Waals surface area contributed by atoms with Crippen molar-refractivity contribution in [3.8, 4) is 5.69 Å². The molecule has 0 N–H and O–H groups in total. The van der Waals surface area contributed by atoms with Gasteiger partial charge >= 0.3 is 0 Å². The SMILES string of the molecule is CC1=C(c2cccc3ccccc23)N=C(c2cc(-n3c4ccccc4c4cc5ccccc5cc43)cc3oc4ccccc4c23)CC=C1c1cccc2ccccc12. The number of aliphatic imine (C=N–C) groups is 1. The van der Waals surface area contributed by atoms with Gasteiger partial charge in [0.15, 0.2) is 0 Å². The summed E-state index contributed by atoms with van der Waals surface area (Å²) < 4.78 is 9.19. The van der Waals surface area contributed by atoms with Gasteiger partial charge in [-0.05, 0) is 86.3 Å². The molecule has 2 aromatic heterocycles. The molecule has 3 nitrogen and oxygen atoms in total. The first-order chi connectivity index (χ1) is 28.7. The van der Waals surface area contributed by atoms with Crippen molar-refractivity contribution in [1.82, 2.24) is 4.57 Å². The largest absolute Gasteiger partial charge is 0.456 e. The Labute approximate surface area is 335 Å². The number of hydrogen-bond acceptors (Lipinski definition) is 2. The molecule has 12 rings (SSSR count). The van der Waals surface area contributed by atoms with E-state index in [1.807, 2.05) is 0 Å². The van der Waals surface area contributed by atoms with Crippen molar-refractivity contribution in [2.24, 2.45) is 4.99 Å². The molecule has 0 saturated carbocycles. The molecule has 0 bridgehead atoms. The lowest BCUT2D eigenvalue weighted by molar-refractivity contribution is 0.668. The normalized spacial score (nSPS) is 13.7. The van der Waals surface area contributed by atoms with Gasteiger partial charge in [0.1, 0.15) is 11.2 Å². The van der Waals surface area contributed by atoms with Crippen LogP contribution >= 0.6 is 0 Å². The number of furan rings is 1. The third-order valence-electron chi connectivity index (χ3n) is 12.2. The van der Waals surface area contributed by atoms with Gasteiger partial charge in [-0.2, -0.15) is 0 Å². The van der Waals surface area contributed by atoms with E-state index in [-0.39, 0.29) is 0 Å². The summed E-state index contributed by atoms with van der Waals surface area (Å²) in [6.07, 6.45) is 3.04. The highest BCUT2D eigenvalue weighted by atomic mass is 16.3. The molecule has 9 aromatic carbocycles. The lowest BCUT2D eigenvalue weighted by atomic mass is 9.90. The van der Waals surface area contributed by atoms with Crippen molar-refractivity contribution in [2.45, 2.75) is 13.3 Å². The van der Waals surface area contributed by atoms with Gasteiger partial charge in [-0.15, -0.1) is 0 Å². The van der Waals surface area contributed by atoms with E-state index in [1.54, 1.807) is 0 Å². The predicted molar refractivity (Wildman–Crippen MR) is 245 cm³/mol. The highest BCUT2D eigenvalue weighted by Gasteiger charge is 2.24. The Morgan fingerprint density at radius 1 is 0.466 bits per heavy atom. The molecule has 11 aromatic rings. The quantitative estimate of drug-likeness (QED) is 0.177. The van der Waals surface area contributed by atoms with E-state index in [0.717, 1.165) is 66.8 Å². The minimum Gasteiger partial charge on any atom is -0.456 e. The molecule has 1 aliphatic rings. The van der Waals surface area contributed by atoms with Gasteiger partial charge in [0, 0.05) is 45.2 Å². The van der Waals surface area contributed by atoms with Crippen LogP contribution in [0.3, 0.4) is 0 Å². The van der Waals surface area contributed by atoms with E-state index in [0.29, 0.717) is 6.42 Å². The number of fused-ring (bicyclic) bond motifs is 9. The number of nitrogens with zero attached hydrogens (tertiary/aromatic N) is 2. The molecule has 0 amide bonds. The van der Waals surface area contributed by atoms with Crippen LogP contribution in [0.2, 0.25) is 0 Å². The summed E-state index contributed by atoms with van der Waals surface area (Å²) in [6.45, 7) is 2.25. The lowest BCUT2D eigenvalue weighted by Crippen LogP contribution is -2.04. The average molecular weight is 741 g/mol. The Hall–Kier alpha value is -7.49. The van der Waals surface area contributed by atoms with E-state index in [2.05, 4.69) is 200 Å². The molecule has 3 heteroatoms. The number of para-hydroxylation sites is 2. The van der Waals surface area contributed by atoms with Crippen LogP contribution < -0.4 is 0 Å². The fourth-order valence-corrected chi connectivity index (χ4v) is 9.51. The number of rotatable bonds is 4. The topological polar surface area (TPSA) is 30.4 Å². The second kappa shape index (κ2) is 12.8. The molecule has 272 valence electrons. The molecule has 0 spiro atoms. The summed E-state index contributed by atoms with van der Waals surface area (Å²) in [5.74, 6) is 0. The van der Waals surface area contributed by atoms with Crippen LogP contribution in [0.25, 0.3) is 93.0 Å². The molecule has 3 heterocycles. The van der Waals surface area contributed by atoms with Gasteiger partial charge in [0.2, 0.25) is 0 Å². The zero-order valence-electron chi connectivity index (χ0n) is 31.9. The van der Waals surface area contributed by atoms with Crippen molar-refractivity contribution in [3.63, 3.8) is 0 Å². The maximum Gasteiger partial charge on any atom is 0.138 e. The molecule has 1 aliphatic heterocycles. The Bertz CT molecular complexity index is 3600. The van der Waals surface area contributed by atoms with Crippen LogP contribution in [0.5, 0.6) is 0 Å². The first-order valence-corrected chi connectivity index (χ1v) is 20.0. The molecule has 0 unspecified atom stereocenters. The summed E-state index contributed by atoms with van der Waals surface area (Å²) in [5, 5.41) is 11.9. The van der Waals surface area contributed by atoms with Crippen LogP contribution in [0.15, 0.2) is 203 Å². The maximum absolute atomic E-state index is 6.78. The summed E-state index contributed by atoms with van der Waals surface area (Å²) >= 11 is 0. The molecule has 0 aliphatic carbocycles. The van der Waals surface area contributed by atoms with Gasteiger partial charge in [0.05, 0.1) is 28.1 Å². The van der Waals surface area contributed by atoms with E-state index < -0.39 is 0 Å². The molecule has 0 saturated heterocycles. The summed E-state index contributed by atoms with van der Waals surface area (Å²) in [5.41, 5.74) is 12.8. The van der Waals surface area contributed by atoms with Gasteiger partial charge in [0.25, 0.3) is 0 Å². The van der Waals surface area contributed by atoms with Crippen molar-refractivity contribution >= 4 is 93.0 Å². The first kappa shape index (κ1) is 32.7. The second-order valence-corrected chi connectivity index (χ2v) is 15.4. The standard InChI is InChI=1S/C55H36N2O/c1-34-40(43-24-12-18-35-14-4-6-20-41(35)43)28-29-49(56-55(34)45-25-13-19-36-15-5-7-21-42(36)45)48-32-39(33-53-54(48)46-23-9-11-27-52(46)58-53)57-50-26-10-8-22-44(50)47-30-37-16-2-3-17-38(37)31-51(47)57/h2-28,30-33H,29H2,1H3. The molecule has 0 atom stereocenters. The predicted octanol–water partition coefficient (Wildman–Crippen LogP) is 14.9. The smallest absolute Gasteiger partial charge is 0.138 e. The molecule has 0 fully saturated rings. The fourth-order valence-electron chi connectivity index (χ4n) is 9.51. The van der Waals surface area contributed by atoms with Crippen molar-refractivity contribution < 1.29 is 4.42 Å². The molecular weight excluding hydrogens is 705 g/mol. The third-order valence-corrected chi connectivity index (χ3v) is 12.2. The molecule has 0 radical (unpaired) electrons. The Balaban J connectivity index is 1.17. The Morgan fingerprint density at radius 3 is 1.84 bits per heavy atom. The summed E-state index contributed by atoms with van der Waals surface area (Å²) in [6, 6.07) is 65.6. The lowest BCUT2D eigenvalue weighted by Gasteiger charge is -2.16. The van der Waals surface area contributed by atoms with Gasteiger partial charge in [-0.25, -0.2) is 0 Å². The third kappa shape index (κ3) is 4.96. The van der Waals surface area contributed by atoms with E-state index in [1.165, 1.54) is 54.2 Å². The van der Waals surface area contributed by atoms with Crippen LogP contribution in [0, 0.1) is 0 Å². The van der Waals surface area contributed by atoms with Crippen LogP contribution in [0.4, 0.5) is 0 Å². The minimum atomic E-state index is 0.639. The second-order valence-electron chi connectivity index (χ2n) is 15.4. The maximum atomic E-state index is 6.78. The summed E-state index contributed by atoms with van der Waals surface area (Å²) in [4.78, 5) is 5.82. The Morgan fingerprint density at radius 2 is 1.07 bits per heavy atom. The molecule has 58 heavy (non-hydrogen) atoms. The van der Waals surface area contributed by atoms with Crippen LogP contribution in [0.1, 0.15) is 30.0 Å². The fraction of sp³-hybridized carbons (Fsp3) is 0.0364. The monoisotopic (exact) mass is 740 g/mol. The highest BCUT2D eigenvalue weighted by Crippen LogP contribution is 2.43. The number of benzene rings is 9. The number of allylic oxidation sites excluding steroid dienone is 3. The van der Waals surface area contributed by atoms with E-state index in [9.17, 15) is 0 Å². The van der Waals surface area contributed by atoms with E-state index >= 15 is 0 Å². The molecular formula is C55H36N2O. The van der Waals surface area contributed by atoms with Crippen LogP contribution in [-0.2, 0) is 0 Å². The van der Waals surface area contributed by atoms with E-state index in [4.69, 9.17) is 9.41 Å². The van der Waals surface area contributed by atoms with Gasteiger partial charge in [-0.1, -0.05) is 152 Å². The first-order valence-electron chi connectivity index (χ1n) is 20.0. The average Bonchev–Trinajstić information content (AvgIpc) is 3.75. The number of aromatic nitrogens is 1. The van der Waals surface area contributed by atoms with Crippen LogP contribution in [-0.4, -0.2) is 10.3 Å². The minimum absolute atomic E-state index is 0.639. The number of hydrogen-bond donors (Lipinski definition) is 0.